The lowest BCUT2D eigenvalue weighted by Gasteiger charge is -2.28. The summed E-state index contributed by atoms with van der Waals surface area (Å²) in [5, 5.41) is 18.9. The monoisotopic (exact) mass is 446 g/mol. The second-order valence-electron chi connectivity index (χ2n) is 8.42. The van der Waals surface area contributed by atoms with E-state index in [0.717, 1.165) is 25.3 Å². The lowest BCUT2D eigenvalue weighted by molar-refractivity contribution is -0.137. The third-order valence-electron chi connectivity index (χ3n) is 6.21. The Hall–Kier alpha value is -2.84. The summed E-state index contributed by atoms with van der Waals surface area (Å²) in [6, 6.07) is 9.50. The summed E-state index contributed by atoms with van der Waals surface area (Å²) in [4.78, 5) is 16.3. The minimum atomic E-state index is -0.640. The number of aliphatic hydroxyl groups excluding tert-OH is 2. The van der Waals surface area contributed by atoms with Crippen LogP contribution in [0.5, 0.6) is 0 Å². The van der Waals surface area contributed by atoms with Crippen LogP contribution in [0, 0.1) is 29.3 Å². The molecule has 1 aliphatic carbocycles. The van der Waals surface area contributed by atoms with Crippen molar-refractivity contribution in [2.24, 2.45) is 11.8 Å². The first kappa shape index (κ1) is 22.4. The fourth-order valence-electron chi connectivity index (χ4n) is 4.08. The van der Waals surface area contributed by atoms with E-state index in [1.807, 2.05) is 0 Å². The van der Waals surface area contributed by atoms with Crippen LogP contribution in [-0.2, 0) is 4.79 Å². The molecule has 1 amide bonds. The summed E-state index contributed by atoms with van der Waals surface area (Å²) < 4.78 is 39.4. The molecule has 170 valence electrons. The van der Waals surface area contributed by atoms with Crippen LogP contribution in [0.1, 0.15) is 19.3 Å². The van der Waals surface area contributed by atoms with Crippen LogP contribution >= 0.6 is 0 Å². The van der Waals surface area contributed by atoms with E-state index < -0.39 is 17.7 Å². The molecule has 5 nitrogen and oxygen atoms in total. The van der Waals surface area contributed by atoms with Crippen molar-refractivity contribution in [2.45, 2.75) is 25.4 Å². The normalized spacial score (nSPS) is 20.7. The Labute approximate surface area is 183 Å². The second kappa shape index (κ2) is 9.34. The Kier molecular flexibility index (Phi) is 6.53. The molecule has 3 N–H and O–H groups in total. The van der Waals surface area contributed by atoms with Crippen molar-refractivity contribution >= 4 is 16.8 Å². The number of aromatic nitrogens is 1. The molecule has 1 aromatic heterocycles. The van der Waals surface area contributed by atoms with E-state index in [0.29, 0.717) is 29.7 Å². The number of halogens is 3. The minimum Gasteiger partial charge on any atom is -0.396 e. The fourth-order valence-corrected chi connectivity index (χ4v) is 4.08. The zero-order valence-corrected chi connectivity index (χ0v) is 17.4. The highest BCUT2D eigenvalue weighted by molar-refractivity contribution is 5.86. The summed E-state index contributed by atoms with van der Waals surface area (Å²) in [6.45, 7) is 0.892. The number of H-pyrrole nitrogens is 1. The van der Waals surface area contributed by atoms with Crippen LogP contribution in [0.25, 0.3) is 22.2 Å². The van der Waals surface area contributed by atoms with Gasteiger partial charge in [0.15, 0.2) is 0 Å². The molecule has 2 heterocycles. The van der Waals surface area contributed by atoms with Crippen molar-refractivity contribution in [2.75, 3.05) is 19.7 Å². The van der Waals surface area contributed by atoms with Crippen LogP contribution in [0.15, 0.2) is 42.5 Å². The number of aromatic amines is 1. The molecular weight excluding hydrogens is 421 g/mol. The van der Waals surface area contributed by atoms with E-state index in [2.05, 4.69) is 4.98 Å². The molecule has 32 heavy (non-hydrogen) atoms. The zero-order valence-electron chi connectivity index (χ0n) is 17.4. The van der Waals surface area contributed by atoms with Gasteiger partial charge in [0.1, 0.15) is 17.5 Å². The minimum absolute atomic E-state index is 0.0321. The van der Waals surface area contributed by atoms with E-state index in [-0.39, 0.29) is 35.7 Å². The van der Waals surface area contributed by atoms with Crippen LogP contribution < -0.4 is 0 Å². The lowest BCUT2D eigenvalue weighted by atomic mass is 9.84. The van der Waals surface area contributed by atoms with E-state index in [1.54, 1.807) is 23.1 Å². The van der Waals surface area contributed by atoms with Gasteiger partial charge in [-0.3, -0.25) is 4.79 Å². The van der Waals surface area contributed by atoms with Crippen LogP contribution in [0.3, 0.4) is 0 Å². The summed E-state index contributed by atoms with van der Waals surface area (Å²) in [5.74, 6) is -1.37. The maximum Gasteiger partial charge on any atom is 0.225 e. The molecule has 1 saturated heterocycles. The summed E-state index contributed by atoms with van der Waals surface area (Å²) >= 11 is 0. The highest BCUT2D eigenvalue weighted by Gasteiger charge is 2.37. The SMILES string of the molecule is Fc1ccc(-c2cc3cc(F)cc(F)c3[nH]2)cc1.O=C(C1CCC1)N1CC(O)C(CO)C1. The van der Waals surface area contributed by atoms with Gasteiger partial charge in [-0.1, -0.05) is 6.42 Å². The number of β-amino-alcohol motifs (C(OH)–C–C–N with tert-alkyl or cyclic N) is 1. The molecule has 1 saturated carbocycles. The predicted octanol–water partition coefficient (Wildman–Crippen LogP) is 3.85. The number of aliphatic hydroxyl groups is 2. The number of fused-ring (bicyclic) bond motifs is 1. The second-order valence-corrected chi connectivity index (χ2v) is 8.42. The Morgan fingerprint density at radius 2 is 1.75 bits per heavy atom. The predicted molar refractivity (Wildman–Crippen MR) is 114 cm³/mol. The molecule has 2 aliphatic rings. The number of hydrogen-bond donors (Lipinski definition) is 3. The van der Waals surface area contributed by atoms with Crippen molar-refractivity contribution in [1.29, 1.82) is 0 Å². The number of likely N-dealkylation sites (tertiary alicyclic amines) is 1. The number of carbonyl (C=O) groups is 1. The maximum atomic E-state index is 13.5. The van der Waals surface area contributed by atoms with Gasteiger partial charge in [0.2, 0.25) is 5.91 Å². The van der Waals surface area contributed by atoms with Crippen molar-refractivity contribution in [3.05, 3.63) is 59.9 Å². The van der Waals surface area contributed by atoms with Gasteiger partial charge in [-0.25, -0.2) is 13.2 Å². The molecule has 2 fully saturated rings. The number of nitrogens with zero attached hydrogens (tertiary/aromatic N) is 1. The number of amides is 1. The first-order chi connectivity index (χ1) is 15.4. The first-order valence-electron chi connectivity index (χ1n) is 10.7. The van der Waals surface area contributed by atoms with Crippen molar-refractivity contribution in [1.82, 2.24) is 9.88 Å². The Balaban J connectivity index is 0.000000158. The average molecular weight is 446 g/mol. The number of rotatable bonds is 3. The van der Waals surface area contributed by atoms with Gasteiger partial charge in [-0.05, 0) is 54.8 Å². The van der Waals surface area contributed by atoms with Gasteiger partial charge in [-0.2, -0.15) is 0 Å². The number of hydrogen-bond acceptors (Lipinski definition) is 3. The maximum absolute atomic E-state index is 13.5. The van der Waals surface area contributed by atoms with Crippen LogP contribution in [-0.4, -0.2) is 51.8 Å². The largest absolute Gasteiger partial charge is 0.396 e. The van der Waals surface area contributed by atoms with Crippen molar-refractivity contribution < 1.29 is 28.2 Å². The lowest BCUT2D eigenvalue weighted by Crippen LogP contribution is -2.37. The highest BCUT2D eigenvalue weighted by atomic mass is 19.1. The average Bonchev–Trinajstić information content (AvgIpc) is 3.31. The van der Waals surface area contributed by atoms with Gasteiger partial charge in [0, 0.05) is 42.1 Å². The molecule has 2 atom stereocenters. The van der Waals surface area contributed by atoms with Gasteiger partial charge in [-0.15, -0.1) is 0 Å². The summed E-state index contributed by atoms with van der Waals surface area (Å²) in [7, 11) is 0. The fraction of sp³-hybridized carbons (Fsp3) is 0.375. The van der Waals surface area contributed by atoms with E-state index in [9.17, 15) is 23.1 Å². The third kappa shape index (κ3) is 4.66. The molecule has 2 unspecified atom stereocenters. The molecule has 0 bridgehead atoms. The molecule has 2 aromatic carbocycles. The van der Waals surface area contributed by atoms with Gasteiger partial charge in [0.05, 0.1) is 18.2 Å². The standard InChI is InChI=1S/C14H8F3N.C10H17NO3/c15-10-3-1-8(2-4-10)13-6-9-5-11(16)7-12(17)14(9)18-13;12-6-8-4-11(5-9(8)13)10(14)7-2-1-3-7/h1-7,18H;7-9,12-13H,1-6H2. The molecule has 0 radical (unpaired) electrons. The molecular formula is C24H25F3N2O3. The van der Waals surface area contributed by atoms with Gasteiger partial charge >= 0.3 is 0 Å². The number of carbonyl (C=O) groups excluding carboxylic acids is 1. The molecule has 1 aliphatic heterocycles. The smallest absolute Gasteiger partial charge is 0.225 e. The van der Waals surface area contributed by atoms with Crippen LogP contribution in [0.2, 0.25) is 0 Å². The number of nitrogens with one attached hydrogen (secondary N) is 1. The molecule has 0 spiro atoms. The van der Waals surface area contributed by atoms with E-state index in [4.69, 9.17) is 5.11 Å². The molecule has 5 rings (SSSR count). The van der Waals surface area contributed by atoms with Gasteiger partial charge < -0.3 is 20.1 Å². The molecule has 3 aromatic rings. The van der Waals surface area contributed by atoms with Crippen molar-refractivity contribution in [3.63, 3.8) is 0 Å². The van der Waals surface area contributed by atoms with Crippen molar-refractivity contribution in [3.8, 4) is 11.3 Å². The van der Waals surface area contributed by atoms with Crippen LogP contribution in [0.4, 0.5) is 13.2 Å². The Morgan fingerprint density at radius 3 is 2.34 bits per heavy atom. The first-order valence-corrected chi connectivity index (χ1v) is 10.7. The van der Waals surface area contributed by atoms with E-state index in [1.165, 1.54) is 18.2 Å². The topological polar surface area (TPSA) is 76.6 Å². The van der Waals surface area contributed by atoms with Gasteiger partial charge in [0.25, 0.3) is 0 Å². The quantitative estimate of drug-likeness (QED) is 0.572. The highest BCUT2D eigenvalue weighted by Crippen LogP contribution is 2.30. The summed E-state index contributed by atoms with van der Waals surface area (Å²) in [5.41, 5.74) is 1.58. The van der Waals surface area contributed by atoms with E-state index >= 15 is 0 Å². The Morgan fingerprint density at radius 1 is 1.03 bits per heavy atom. The molecule has 8 heteroatoms. The Bertz CT molecular complexity index is 1100. The third-order valence-corrected chi connectivity index (χ3v) is 6.21. The summed E-state index contributed by atoms with van der Waals surface area (Å²) in [6.07, 6.45) is 2.60. The number of benzene rings is 2. The zero-order chi connectivity index (χ0) is 22.8.